The molecule has 0 amide bonds. The lowest BCUT2D eigenvalue weighted by molar-refractivity contribution is 1.24. The van der Waals surface area contributed by atoms with Crippen LogP contribution in [0.4, 0.5) is 0 Å². The highest BCUT2D eigenvalue weighted by Gasteiger charge is 2.36. The number of benzene rings is 13. The molecule has 13 rings (SSSR count). The number of hydrogen-bond donors (Lipinski definition) is 0. The summed E-state index contributed by atoms with van der Waals surface area (Å²) in [6.07, 6.45) is 0. The second-order valence-corrected chi connectivity index (χ2v) is 29.4. The first-order valence-electron chi connectivity index (χ1n) is 27.6. The maximum absolute atomic E-state index is 2.49. The van der Waals surface area contributed by atoms with E-state index >= 15 is 0 Å². The van der Waals surface area contributed by atoms with Crippen LogP contribution in [0.2, 0.25) is 0 Å². The van der Waals surface area contributed by atoms with Gasteiger partial charge in [0.05, 0.1) is 0 Å². The fourth-order valence-electron chi connectivity index (χ4n) is 11.8. The second kappa shape index (κ2) is 22.9. The van der Waals surface area contributed by atoms with E-state index in [9.17, 15) is 0 Å². The molecule has 0 spiro atoms. The molecule has 0 nitrogen and oxygen atoms in total. The predicted octanol–water partition coefficient (Wildman–Crippen LogP) is 22.7. The quantitative estimate of drug-likeness (QED) is 0.0960. The van der Waals surface area contributed by atoms with Crippen LogP contribution in [0.1, 0.15) is 0 Å². The molecule has 0 unspecified atom stereocenters. The van der Waals surface area contributed by atoms with Gasteiger partial charge in [-0.15, -0.1) is 30.1 Å². The topological polar surface area (TPSA) is 0 Å². The maximum Gasteiger partial charge on any atom is 0.00291 e. The van der Waals surface area contributed by atoms with Crippen LogP contribution in [0.25, 0.3) is 33.4 Å². The molecule has 0 aromatic heterocycles. The molecule has 13 aromatic carbocycles. The Morgan fingerprint density at radius 2 is 0.259 bits per heavy atom. The van der Waals surface area contributed by atoms with E-state index < -0.39 is 30.1 Å². The highest BCUT2D eigenvalue weighted by molar-refractivity contribution is 8.34. The zero-order valence-corrected chi connectivity index (χ0v) is 47.3. The third kappa shape index (κ3) is 9.44. The van der Waals surface area contributed by atoms with Gasteiger partial charge in [0.2, 0.25) is 0 Å². The smallest absolute Gasteiger partial charge is 0.00291 e. The fourth-order valence-corrected chi connectivity index (χ4v) is 23.5. The van der Waals surface area contributed by atoms with Crippen molar-refractivity contribution in [2.24, 2.45) is 0 Å². The van der Waals surface area contributed by atoms with Crippen molar-refractivity contribution in [3.8, 4) is 33.4 Å². The summed E-state index contributed by atoms with van der Waals surface area (Å²) in [6.45, 7) is 0. The van der Waals surface area contributed by atoms with Gasteiger partial charge in [-0.05, 0) is 197 Å². The molecule has 0 heterocycles. The van der Waals surface area contributed by atoms with Crippen molar-refractivity contribution in [2.75, 3.05) is 0 Å². The highest BCUT2D eigenvalue weighted by Crippen LogP contribution is 2.76. The first kappa shape index (κ1) is 51.4. The molecule has 81 heavy (non-hydrogen) atoms. The standard InChI is InChI=1S/C78H60S3/c1-10-34-67(35-11-1)79(68-36-12-2-13-37-68,69-38-14-3-15-39-69)76-52-28-31-61(58-76)64-55-65(62-32-29-53-77(59-62)80(70-40-16-4-17-41-70,71-42-18-5-19-43-71)72-44-20-6-21-45-72)57-66(56-64)63-33-30-54-78(60-63)81(73-46-22-7-23-47-73,74-48-24-8-25-49-74)75-50-26-9-27-51-75/h1-60H. The van der Waals surface area contributed by atoms with Crippen LogP contribution in [-0.2, 0) is 0 Å². The lowest BCUT2D eigenvalue weighted by atomic mass is 9.93. The molecule has 0 atom stereocenters. The van der Waals surface area contributed by atoms with Crippen molar-refractivity contribution >= 4 is 30.1 Å². The lowest BCUT2D eigenvalue weighted by Gasteiger charge is -2.42. The summed E-state index contributed by atoms with van der Waals surface area (Å²) in [6, 6.07) is 136. The van der Waals surface area contributed by atoms with E-state index in [0.29, 0.717) is 0 Å². The highest BCUT2D eigenvalue weighted by atomic mass is 32.3. The van der Waals surface area contributed by atoms with Gasteiger partial charge in [0.15, 0.2) is 0 Å². The SMILES string of the molecule is c1ccc(S(c2ccccc2)(c2ccccc2)c2cccc(-c3cc(-c4cccc(S(c5ccccc5)(c5ccccc5)c5ccccc5)c4)cc(-c4cccc(S(c5ccccc5)(c5ccccc5)c5ccccc5)c4)c3)c2)cc1. The molecule has 0 aliphatic heterocycles. The van der Waals surface area contributed by atoms with Crippen LogP contribution in [0.5, 0.6) is 0 Å². The van der Waals surface area contributed by atoms with Gasteiger partial charge in [0.25, 0.3) is 0 Å². The Balaban J connectivity index is 1.07. The summed E-state index contributed by atoms with van der Waals surface area (Å²) >= 11 is 0. The zero-order valence-electron chi connectivity index (χ0n) is 44.9. The van der Waals surface area contributed by atoms with Crippen LogP contribution in [0.15, 0.2) is 423 Å². The van der Waals surface area contributed by atoms with Gasteiger partial charge in [-0.2, -0.15) is 0 Å². The molecule has 0 saturated heterocycles. The van der Waals surface area contributed by atoms with Gasteiger partial charge in [-0.1, -0.05) is 200 Å². The van der Waals surface area contributed by atoms with Gasteiger partial charge >= 0.3 is 0 Å². The molecule has 13 aromatic rings. The largest absolute Gasteiger partial charge is 0.133 e. The Morgan fingerprint density at radius 1 is 0.111 bits per heavy atom. The van der Waals surface area contributed by atoms with Crippen LogP contribution in [0.3, 0.4) is 0 Å². The maximum atomic E-state index is 2.49. The lowest BCUT2D eigenvalue weighted by Crippen LogP contribution is -2.05. The van der Waals surface area contributed by atoms with Gasteiger partial charge < -0.3 is 0 Å². The van der Waals surface area contributed by atoms with Gasteiger partial charge in [0.1, 0.15) is 0 Å². The second-order valence-electron chi connectivity index (χ2n) is 20.0. The number of hydrogen-bond acceptors (Lipinski definition) is 0. The molecule has 0 fully saturated rings. The van der Waals surface area contributed by atoms with Gasteiger partial charge in [-0.25, -0.2) is 0 Å². The first-order chi connectivity index (χ1) is 40.2. The average molecular weight is 1090 g/mol. The minimum absolute atomic E-state index is 1.16. The Hall–Kier alpha value is -9.09. The van der Waals surface area contributed by atoms with E-state index in [1.165, 1.54) is 75.4 Å². The van der Waals surface area contributed by atoms with Gasteiger partial charge in [0, 0.05) is 58.7 Å². The molecule has 0 aliphatic carbocycles. The summed E-state index contributed by atoms with van der Waals surface area (Å²) in [4.78, 5) is 15.5. The van der Waals surface area contributed by atoms with Crippen molar-refractivity contribution < 1.29 is 0 Å². The van der Waals surface area contributed by atoms with E-state index in [0.717, 1.165) is 16.7 Å². The predicted molar refractivity (Wildman–Crippen MR) is 343 cm³/mol. The van der Waals surface area contributed by atoms with Crippen molar-refractivity contribution in [1.82, 2.24) is 0 Å². The third-order valence-corrected chi connectivity index (χ3v) is 27.1. The Morgan fingerprint density at radius 3 is 0.420 bits per heavy atom. The third-order valence-electron chi connectivity index (χ3n) is 15.4. The van der Waals surface area contributed by atoms with Crippen molar-refractivity contribution in [2.45, 2.75) is 58.7 Å². The van der Waals surface area contributed by atoms with Crippen LogP contribution >= 0.6 is 30.1 Å². The molecule has 0 bridgehead atoms. The van der Waals surface area contributed by atoms with E-state index in [2.05, 4.69) is 364 Å². The van der Waals surface area contributed by atoms with E-state index in [4.69, 9.17) is 0 Å². The molecular weight excluding hydrogens is 1030 g/mol. The van der Waals surface area contributed by atoms with E-state index in [1.807, 2.05) is 0 Å². The minimum Gasteiger partial charge on any atom is -0.133 e. The molecule has 3 heteroatoms. The van der Waals surface area contributed by atoms with E-state index in [1.54, 1.807) is 0 Å². The first-order valence-corrected chi connectivity index (χ1v) is 32.5. The normalized spacial score (nSPS) is 12.3. The summed E-state index contributed by atoms with van der Waals surface area (Å²) in [7, 11) is -5.89. The molecule has 390 valence electrons. The van der Waals surface area contributed by atoms with Crippen LogP contribution in [0, 0.1) is 0 Å². The monoisotopic (exact) mass is 1090 g/mol. The zero-order chi connectivity index (χ0) is 54.3. The molecule has 0 aliphatic rings. The molecule has 0 saturated carbocycles. The molecule has 0 radical (unpaired) electrons. The summed E-state index contributed by atoms with van der Waals surface area (Å²) in [5, 5.41) is 0. The van der Waals surface area contributed by atoms with Crippen molar-refractivity contribution in [3.05, 3.63) is 364 Å². The minimum atomic E-state index is -1.96. The van der Waals surface area contributed by atoms with Crippen molar-refractivity contribution in [1.29, 1.82) is 0 Å². The number of rotatable bonds is 15. The molecular formula is C78H60S3. The van der Waals surface area contributed by atoms with Crippen LogP contribution < -0.4 is 0 Å². The molecule has 0 N–H and O–H groups in total. The van der Waals surface area contributed by atoms with Crippen LogP contribution in [-0.4, -0.2) is 0 Å². The van der Waals surface area contributed by atoms with E-state index in [-0.39, 0.29) is 0 Å². The fraction of sp³-hybridized carbons (Fsp3) is 0. The average Bonchev–Trinajstić information content (AvgIpc) is 3.65. The van der Waals surface area contributed by atoms with Gasteiger partial charge in [-0.3, -0.25) is 0 Å². The Bertz CT molecular complexity index is 3440. The summed E-state index contributed by atoms with van der Waals surface area (Å²) < 4.78 is 0. The van der Waals surface area contributed by atoms with Crippen molar-refractivity contribution in [3.63, 3.8) is 0 Å². The Labute approximate surface area is 482 Å². The Kier molecular flexibility index (Phi) is 14.5. The summed E-state index contributed by atoms with van der Waals surface area (Å²) in [5.74, 6) is 0. The summed E-state index contributed by atoms with van der Waals surface area (Å²) in [5.41, 5.74) is 6.96.